The third-order valence-corrected chi connectivity index (χ3v) is 5.90. The van der Waals surface area contributed by atoms with Gasteiger partial charge in [0.25, 0.3) is 5.91 Å². The van der Waals surface area contributed by atoms with E-state index in [1.165, 1.54) is 12.1 Å². The van der Waals surface area contributed by atoms with Crippen LogP contribution in [-0.4, -0.2) is 57.0 Å². The van der Waals surface area contributed by atoms with Crippen LogP contribution in [0.4, 0.5) is 4.39 Å². The molecule has 0 bridgehead atoms. The van der Waals surface area contributed by atoms with E-state index in [0.29, 0.717) is 22.8 Å². The van der Waals surface area contributed by atoms with Crippen molar-refractivity contribution >= 4 is 11.9 Å². The zero-order valence-electron chi connectivity index (χ0n) is 22.5. The van der Waals surface area contributed by atoms with Crippen LogP contribution in [0.1, 0.15) is 55.2 Å². The first kappa shape index (κ1) is 32.5. The number of para-hydroxylation sites is 1. The molecule has 3 rings (SSSR count). The van der Waals surface area contributed by atoms with Crippen LogP contribution in [0.15, 0.2) is 54.6 Å². The van der Waals surface area contributed by atoms with Gasteiger partial charge in [0.15, 0.2) is 0 Å². The van der Waals surface area contributed by atoms with Crippen LogP contribution in [0.25, 0.3) is 11.4 Å². The zero-order valence-corrected chi connectivity index (χ0v) is 24.5. The number of amides is 1. The summed E-state index contributed by atoms with van der Waals surface area (Å²) in [6.45, 7) is 4.57. The quantitative estimate of drug-likeness (QED) is 0.178. The van der Waals surface area contributed by atoms with Crippen molar-refractivity contribution < 1.29 is 63.6 Å². The summed E-state index contributed by atoms with van der Waals surface area (Å²) in [5.74, 6) is -1.21. The fourth-order valence-electron chi connectivity index (χ4n) is 4.18. The molecule has 0 spiro atoms. The largest absolute Gasteiger partial charge is 1.00 e. The van der Waals surface area contributed by atoms with Crippen molar-refractivity contribution in [1.82, 2.24) is 14.9 Å². The number of carbonyl (C=O) groups is 2. The standard InChI is InChI=1S/C28H34FN3O6.Na/c1-18(2)26-25(28(37)30-13-15-38-23-6-4-3-5-7-23)31-27(19-8-10-20(29)11-9-19)32(26)14-12-21(33)16-22(34)17-24(35)36;/h3-11,18,21-22,33-34H,12-17H2,1-2H3,(H,30,37)(H,35,36);/q;+1/p-1/t21-,22-;/m1./s1. The van der Waals surface area contributed by atoms with Gasteiger partial charge >= 0.3 is 29.6 Å². The molecule has 204 valence electrons. The summed E-state index contributed by atoms with van der Waals surface area (Å²) >= 11 is 0. The Morgan fingerprint density at radius 1 is 1.08 bits per heavy atom. The van der Waals surface area contributed by atoms with E-state index in [2.05, 4.69) is 10.3 Å². The van der Waals surface area contributed by atoms with Crippen molar-refractivity contribution in [3.8, 4) is 17.1 Å². The van der Waals surface area contributed by atoms with Gasteiger partial charge in [0.05, 0.1) is 24.4 Å². The second-order valence-electron chi connectivity index (χ2n) is 9.31. The van der Waals surface area contributed by atoms with Crippen LogP contribution >= 0.6 is 0 Å². The fraction of sp³-hybridized carbons (Fsp3) is 0.393. The predicted molar refractivity (Wildman–Crippen MR) is 137 cm³/mol. The van der Waals surface area contributed by atoms with Crippen LogP contribution < -0.4 is 44.7 Å². The Bertz CT molecular complexity index is 1200. The molecule has 3 N–H and O–H groups in total. The minimum atomic E-state index is -1.40. The van der Waals surface area contributed by atoms with Crippen molar-refractivity contribution in [2.45, 2.75) is 57.8 Å². The van der Waals surface area contributed by atoms with Crippen molar-refractivity contribution in [2.24, 2.45) is 0 Å². The summed E-state index contributed by atoms with van der Waals surface area (Å²) in [6, 6.07) is 15.0. The average molecular weight is 550 g/mol. The smallest absolute Gasteiger partial charge is 0.550 e. The number of ether oxygens (including phenoxy) is 1. The molecule has 3 aromatic rings. The molecule has 0 aliphatic carbocycles. The fourth-order valence-corrected chi connectivity index (χ4v) is 4.18. The predicted octanol–water partition coefficient (Wildman–Crippen LogP) is -0.733. The van der Waals surface area contributed by atoms with Crippen LogP contribution in [0.3, 0.4) is 0 Å². The molecule has 0 saturated heterocycles. The molecule has 0 radical (unpaired) electrons. The number of carbonyl (C=O) groups excluding carboxylic acids is 2. The van der Waals surface area contributed by atoms with Gasteiger partial charge in [-0.3, -0.25) is 4.79 Å². The molecule has 2 atom stereocenters. The Labute approximate surface area is 249 Å². The number of halogens is 1. The zero-order chi connectivity index (χ0) is 27.7. The van der Waals surface area contributed by atoms with Gasteiger partial charge in [-0.15, -0.1) is 0 Å². The summed E-state index contributed by atoms with van der Waals surface area (Å²) in [7, 11) is 0. The molecule has 1 heterocycles. The van der Waals surface area contributed by atoms with E-state index < -0.39 is 36.3 Å². The summed E-state index contributed by atoms with van der Waals surface area (Å²) in [5.41, 5.74) is 1.44. The van der Waals surface area contributed by atoms with E-state index in [1.807, 2.05) is 48.7 Å². The number of hydrogen-bond acceptors (Lipinski definition) is 7. The van der Waals surface area contributed by atoms with Crippen LogP contribution in [0.5, 0.6) is 5.75 Å². The number of nitrogens with one attached hydrogen (secondary N) is 1. The average Bonchev–Trinajstić information content (AvgIpc) is 3.26. The van der Waals surface area contributed by atoms with Crippen LogP contribution in [-0.2, 0) is 11.3 Å². The van der Waals surface area contributed by atoms with Crippen molar-refractivity contribution in [3.05, 3.63) is 71.8 Å². The number of carboxylic acids is 1. The van der Waals surface area contributed by atoms with Gasteiger partial charge < -0.3 is 34.7 Å². The maximum absolute atomic E-state index is 13.6. The first-order valence-corrected chi connectivity index (χ1v) is 12.5. The van der Waals surface area contributed by atoms with Gasteiger partial charge in [-0.2, -0.15) is 0 Å². The number of benzene rings is 2. The number of aliphatic carboxylic acids is 1. The molecular formula is C28H33FN3NaO6. The van der Waals surface area contributed by atoms with Gasteiger partial charge in [-0.25, -0.2) is 9.37 Å². The van der Waals surface area contributed by atoms with Gasteiger partial charge in [0.1, 0.15) is 29.7 Å². The Morgan fingerprint density at radius 2 is 1.74 bits per heavy atom. The second-order valence-corrected chi connectivity index (χ2v) is 9.31. The minimum absolute atomic E-state index is 0. The van der Waals surface area contributed by atoms with E-state index >= 15 is 0 Å². The van der Waals surface area contributed by atoms with E-state index in [0.717, 1.165) is 0 Å². The normalized spacial score (nSPS) is 12.5. The third-order valence-electron chi connectivity index (χ3n) is 5.90. The number of imidazole rings is 1. The summed E-state index contributed by atoms with van der Waals surface area (Å²) in [5, 5.41) is 33.8. The third kappa shape index (κ3) is 9.74. The number of rotatable bonds is 14. The molecule has 0 unspecified atom stereocenters. The Morgan fingerprint density at radius 3 is 2.36 bits per heavy atom. The van der Waals surface area contributed by atoms with Gasteiger partial charge in [-0.05, 0) is 55.2 Å². The summed E-state index contributed by atoms with van der Waals surface area (Å²) in [4.78, 5) is 28.5. The van der Waals surface area contributed by atoms with E-state index in [-0.39, 0.29) is 73.7 Å². The molecule has 1 aromatic heterocycles. The molecule has 0 fully saturated rings. The molecule has 9 nitrogen and oxygen atoms in total. The van der Waals surface area contributed by atoms with E-state index in [1.54, 1.807) is 12.1 Å². The molecule has 0 aliphatic heterocycles. The molecule has 0 saturated carbocycles. The number of aromatic nitrogens is 2. The van der Waals surface area contributed by atoms with Gasteiger partial charge in [0, 0.05) is 24.5 Å². The van der Waals surface area contributed by atoms with E-state index in [4.69, 9.17) is 4.74 Å². The Kier molecular flexibility index (Phi) is 13.1. The van der Waals surface area contributed by atoms with E-state index in [9.17, 15) is 29.3 Å². The molecule has 11 heteroatoms. The molecule has 39 heavy (non-hydrogen) atoms. The molecule has 0 aliphatic rings. The maximum atomic E-state index is 13.6. The van der Waals surface area contributed by atoms with Crippen LogP contribution in [0, 0.1) is 5.82 Å². The van der Waals surface area contributed by atoms with Crippen molar-refractivity contribution in [3.63, 3.8) is 0 Å². The first-order chi connectivity index (χ1) is 18.2. The number of hydrogen-bond donors (Lipinski definition) is 3. The first-order valence-electron chi connectivity index (χ1n) is 12.5. The maximum Gasteiger partial charge on any atom is 1.00 e. The minimum Gasteiger partial charge on any atom is -0.550 e. The topological polar surface area (TPSA) is 137 Å². The number of aliphatic hydroxyl groups excluding tert-OH is 2. The van der Waals surface area contributed by atoms with Crippen molar-refractivity contribution in [2.75, 3.05) is 13.2 Å². The second kappa shape index (κ2) is 15.7. The monoisotopic (exact) mass is 549 g/mol. The number of carboxylic acid groups (broad SMARTS) is 1. The molecule has 2 aromatic carbocycles. The van der Waals surface area contributed by atoms with Gasteiger partial charge in [0.2, 0.25) is 0 Å². The SMILES string of the molecule is CC(C)c1c(C(=O)NCCOc2ccccc2)nc(-c2ccc(F)cc2)n1CC[C@@H](O)C[C@@H](O)CC(=O)[O-].[Na+]. The van der Waals surface area contributed by atoms with Crippen LogP contribution in [0.2, 0.25) is 0 Å². The number of aliphatic hydroxyl groups is 2. The van der Waals surface area contributed by atoms with Gasteiger partial charge in [-0.1, -0.05) is 32.0 Å². The summed E-state index contributed by atoms with van der Waals surface area (Å²) < 4.78 is 21.0. The number of nitrogens with zero attached hydrogens (tertiary/aromatic N) is 2. The summed E-state index contributed by atoms with van der Waals surface area (Å²) in [6.07, 6.45) is -2.78. The Balaban J connectivity index is 0.00000533. The molecule has 1 amide bonds. The van der Waals surface area contributed by atoms with Crippen molar-refractivity contribution in [1.29, 1.82) is 0 Å². The Hall–Kier alpha value is -2.76. The molecular weight excluding hydrogens is 516 g/mol.